The number of hydrogen-bond acceptors (Lipinski definition) is 5. The highest BCUT2D eigenvalue weighted by Gasteiger charge is 2.33. The molecule has 1 aliphatic rings. The molecular weight excluding hydrogens is 248 g/mol. The molecule has 2 N–H and O–H groups in total. The molecule has 110 valence electrons. The van der Waals surface area contributed by atoms with Crippen molar-refractivity contribution >= 4 is 12.1 Å². The SMILES string of the molecule is COC(=O)[C@@H](N)C1CCCN(C(=O)OC(C)(C)C)C1. The van der Waals surface area contributed by atoms with E-state index in [2.05, 4.69) is 4.74 Å². The number of methoxy groups -OCH3 is 1. The van der Waals surface area contributed by atoms with Gasteiger partial charge in [0, 0.05) is 19.0 Å². The summed E-state index contributed by atoms with van der Waals surface area (Å²) in [5, 5.41) is 0. The second-order valence-corrected chi connectivity index (χ2v) is 5.88. The van der Waals surface area contributed by atoms with Crippen LogP contribution in [0.1, 0.15) is 33.6 Å². The van der Waals surface area contributed by atoms with Crippen molar-refractivity contribution in [2.24, 2.45) is 11.7 Å². The zero-order chi connectivity index (χ0) is 14.6. The maximum absolute atomic E-state index is 12.0. The number of amides is 1. The van der Waals surface area contributed by atoms with E-state index >= 15 is 0 Å². The zero-order valence-electron chi connectivity index (χ0n) is 12.1. The molecule has 0 spiro atoms. The van der Waals surface area contributed by atoms with Crippen LogP contribution in [0.3, 0.4) is 0 Å². The first kappa shape index (κ1) is 15.8. The Kier molecular flexibility index (Phi) is 5.17. The molecule has 0 aromatic carbocycles. The van der Waals surface area contributed by atoms with Gasteiger partial charge in [0.15, 0.2) is 0 Å². The molecule has 0 aliphatic carbocycles. The van der Waals surface area contributed by atoms with Crippen LogP contribution in [0, 0.1) is 5.92 Å². The number of ether oxygens (including phenoxy) is 2. The van der Waals surface area contributed by atoms with Gasteiger partial charge < -0.3 is 20.1 Å². The summed E-state index contributed by atoms with van der Waals surface area (Å²) >= 11 is 0. The van der Waals surface area contributed by atoms with Crippen molar-refractivity contribution in [3.63, 3.8) is 0 Å². The molecule has 1 saturated heterocycles. The van der Waals surface area contributed by atoms with Crippen molar-refractivity contribution in [3.8, 4) is 0 Å². The minimum absolute atomic E-state index is 0.0753. The lowest BCUT2D eigenvalue weighted by molar-refractivity contribution is -0.144. The minimum atomic E-state index is -0.685. The van der Waals surface area contributed by atoms with Crippen LogP contribution in [0.5, 0.6) is 0 Å². The van der Waals surface area contributed by atoms with Crippen molar-refractivity contribution in [1.82, 2.24) is 4.90 Å². The minimum Gasteiger partial charge on any atom is -0.468 e. The third-order valence-electron chi connectivity index (χ3n) is 3.09. The summed E-state index contributed by atoms with van der Waals surface area (Å²) in [4.78, 5) is 25.0. The Morgan fingerprint density at radius 3 is 2.53 bits per heavy atom. The smallest absolute Gasteiger partial charge is 0.410 e. The quantitative estimate of drug-likeness (QED) is 0.762. The molecule has 0 radical (unpaired) electrons. The molecule has 2 atom stereocenters. The number of rotatable bonds is 2. The molecule has 6 nitrogen and oxygen atoms in total. The Morgan fingerprint density at radius 1 is 1.37 bits per heavy atom. The first-order valence-corrected chi connectivity index (χ1v) is 6.56. The highest BCUT2D eigenvalue weighted by atomic mass is 16.6. The lowest BCUT2D eigenvalue weighted by Crippen LogP contribution is -2.50. The van der Waals surface area contributed by atoms with Gasteiger partial charge in [-0.05, 0) is 33.6 Å². The van der Waals surface area contributed by atoms with E-state index in [0.29, 0.717) is 13.1 Å². The maximum Gasteiger partial charge on any atom is 0.410 e. The molecule has 1 rings (SSSR count). The topological polar surface area (TPSA) is 81.9 Å². The summed E-state index contributed by atoms with van der Waals surface area (Å²) in [6, 6.07) is -0.685. The van der Waals surface area contributed by atoms with E-state index in [1.807, 2.05) is 20.8 Å². The molecule has 0 aromatic heterocycles. The van der Waals surface area contributed by atoms with Crippen LogP contribution < -0.4 is 5.73 Å². The van der Waals surface area contributed by atoms with Crippen LogP contribution >= 0.6 is 0 Å². The number of piperidine rings is 1. The Hall–Kier alpha value is -1.30. The van der Waals surface area contributed by atoms with Crippen LogP contribution in [0.4, 0.5) is 4.79 Å². The molecular formula is C13H24N2O4. The number of carbonyl (C=O) groups excluding carboxylic acids is 2. The van der Waals surface area contributed by atoms with Crippen molar-refractivity contribution in [1.29, 1.82) is 0 Å². The van der Waals surface area contributed by atoms with Crippen molar-refractivity contribution < 1.29 is 19.1 Å². The summed E-state index contributed by atoms with van der Waals surface area (Å²) in [7, 11) is 1.32. The van der Waals surface area contributed by atoms with E-state index in [9.17, 15) is 9.59 Å². The van der Waals surface area contributed by atoms with Gasteiger partial charge in [-0.2, -0.15) is 0 Å². The average Bonchev–Trinajstić information content (AvgIpc) is 2.35. The van der Waals surface area contributed by atoms with E-state index in [0.717, 1.165) is 12.8 Å². The third-order valence-corrected chi connectivity index (χ3v) is 3.09. The molecule has 19 heavy (non-hydrogen) atoms. The molecule has 6 heteroatoms. The predicted molar refractivity (Wildman–Crippen MR) is 70.5 cm³/mol. The zero-order valence-corrected chi connectivity index (χ0v) is 12.1. The molecule has 0 saturated carbocycles. The first-order valence-electron chi connectivity index (χ1n) is 6.56. The highest BCUT2D eigenvalue weighted by Crippen LogP contribution is 2.21. The summed E-state index contributed by atoms with van der Waals surface area (Å²) in [6.45, 7) is 6.55. The molecule has 1 unspecified atom stereocenters. The van der Waals surface area contributed by atoms with E-state index < -0.39 is 17.6 Å². The second-order valence-electron chi connectivity index (χ2n) is 5.88. The number of carbonyl (C=O) groups is 2. The van der Waals surface area contributed by atoms with E-state index in [4.69, 9.17) is 10.5 Å². The number of esters is 1. The van der Waals surface area contributed by atoms with Crippen molar-refractivity contribution in [2.45, 2.75) is 45.3 Å². The molecule has 0 aromatic rings. The van der Waals surface area contributed by atoms with Gasteiger partial charge in [0.05, 0.1) is 7.11 Å². The van der Waals surface area contributed by atoms with Crippen LogP contribution in [0.15, 0.2) is 0 Å². The maximum atomic E-state index is 12.0. The van der Waals surface area contributed by atoms with Crippen LogP contribution in [0.25, 0.3) is 0 Å². The summed E-state index contributed by atoms with van der Waals surface area (Å²) in [5.74, 6) is -0.509. The Morgan fingerprint density at radius 2 is 2.00 bits per heavy atom. The van der Waals surface area contributed by atoms with Crippen LogP contribution in [-0.4, -0.2) is 48.8 Å². The fraction of sp³-hybridized carbons (Fsp3) is 0.846. The van der Waals surface area contributed by atoms with Gasteiger partial charge in [-0.3, -0.25) is 4.79 Å². The van der Waals surface area contributed by atoms with Gasteiger partial charge in [0.1, 0.15) is 11.6 Å². The first-order chi connectivity index (χ1) is 8.74. The molecule has 1 fully saturated rings. The molecule has 0 bridgehead atoms. The lowest BCUT2D eigenvalue weighted by atomic mass is 9.91. The van der Waals surface area contributed by atoms with Gasteiger partial charge in [-0.15, -0.1) is 0 Å². The summed E-state index contributed by atoms with van der Waals surface area (Å²) < 4.78 is 9.96. The predicted octanol–water partition coefficient (Wildman–Crippen LogP) is 1.13. The van der Waals surface area contributed by atoms with Gasteiger partial charge in [-0.1, -0.05) is 0 Å². The summed E-state index contributed by atoms with van der Waals surface area (Å²) in [5.41, 5.74) is 5.32. The van der Waals surface area contributed by atoms with Crippen molar-refractivity contribution in [3.05, 3.63) is 0 Å². The normalized spacial score (nSPS) is 21.7. The van der Waals surface area contributed by atoms with Crippen molar-refractivity contribution in [2.75, 3.05) is 20.2 Å². The van der Waals surface area contributed by atoms with E-state index in [-0.39, 0.29) is 12.0 Å². The highest BCUT2D eigenvalue weighted by molar-refractivity contribution is 5.76. The Labute approximate surface area is 114 Å². The van der Waals surface area contributed by atoms with Crippen LogP contribution in [0.2, 0.25) is 0 Å². The fourth-order valence-corrected chi connectivity index (χ4v) is 2.12. The van der Waals surface area contributed by atoms with Crippen LogP contribution in [-0.2, 0) is 14.3 Å². The number of likely N-dealkylation sites (tertiary alicyclic amines) is 1. The Bertz CT molecular complexity index is 338. The summed E-state index contributed by atoms with van der Waals surface area (Å²) in [6.07, 6.45) is 1.28. The van der Waals surface area contributed by atoms with E-state index in [1.54, 1.807) is 4.90 Å². The fourth-order valence-electron chi connectivity index (χ4n) is 2.12. The molecule has 1 heterocycles. The Balaban J connectivity index is 2.59. The van der Waals surface area contributed by atoms with Gasteiger partial charge >= 0.3 is 12.1 Å². The molecule has 1 amide bonds. The number of nitrogens with zero attached hydrogens (tertiary/aromatic N) is 1. The second kappa shape index (κ2) is 6.23. The number of hydrogen-bond donors (Lipinski definition) is 1. The standard InChI is InChI=1S/C13H24N2O4/c1-13(2,3)19-12(17)15-7-5-6-9(8-15)10(14)11(16)18-4/h9-10H,5-8,14H2,1-4H3/t9?,10-/m0/s1. The lowest BCUT2D eigenvalue weighted by Gasteiger charge is -2.35. The third kappa shape index (κ3) is 4.70. The van der Waals surface area contributed by atoms with Gasteiger partial charge in [0.2, 0.25) is 0 Å². The number of nitrogens with two attached hydrogens (primary N) is 1. The van der Waals surface area contributed by atoms with Gasteiger partial charge in [0.25, 0.3) is 0 Å². The van der Waals surface area contributed by atoms with Gasteiger partial charge in [-0.25, -0.2) is 4.79 Å². The van der Waals surface area contributed by atoms with E-state index in [1.165, 1.54) is 7.11 Å². The monoisotopic (exact) mass is 272 g/mol. The largest absolute Gasteiger partial charge is 0.468 e. The molecule has 1 aliphatic heterocycles. The average molecular weight is 272 g/mol.